The Labute approximate surface area is 277 Å². The molecular weight excluding hydrogens is 657 g/mol. The Morgan fingerprint density at radius 1 is 0.870 bits per heavy atom. The van der Waals surface area contributed by atoms with E-state index in [0.717, 1.165) is 0 Å². The summed E-state index contributed by atoms with van der Waals surface area (Å²) >= 11 is 13.9. The van der Waals surface area contributed by atoms with Gasteiger partial charge in [-0.05, 0) is 39.8 Å². The average Bonchev–Trinajstić information content (AvgIpc) is 3.66. The first-order valence-corrected chi connectivity index (χ1v) is 15.7. The molecule has 3 N–H and O–H groups in total. The molecule has 0 aliphatic carbocycles. The number of thioether (sulfide) groups is 1. The van der Waals surface area contributed by atoms with Crippen molar-refractivity contribution in [3.63, 3.8) is 0 Å². The van der Waals surface area contributed by atoms with E-state index in [2.05, 4.69) is 20.9 Å². The molecule has 2 atom stereocenters. The summed E-state index contributed by atoms with van der Waals surface area (Å²) in [5.41, 5.74) is 1.68. The number of carboxylic acids is 1. The third-order valence-corrected chi connectivity index (χ3v) is 9.64. The maximum Gasteiger partial charge on any atom is 0.327 e. The normalized spacial score (nSPS) is 17.1. The summed E-state index contributed by atoms with van der Waals surface area (Å²) in [6, 6.07) is 12.4. The Morgan fingerprint density at radius 3 is 1.83 bits per heavy atom. The van der Waals surface area contributed by atoms with Crippen LogP contribution >= 0.6 is 35.0 Å². The molecule has 1 saturated heterocycles. The fraction of sp³-hybridized carbons (Fsp3) is 0.290. The van der Waals surface area contributed by atoms with Gasteiger partial charge in [0.15, 0.2) is 0 Å². The van der Waals surface area contributed by atoms with E-state index in [1.165, 1.54) is 16.7 Å². The van der Waals surface area contributed by atoms with Crippen molar-refractivity contribution in [1.82, 2.24) is 25.8 Å². The molecule has 0 bridgehead atoms. The third-order valence-electron chi connectivity index (χ3n) is 7.48. The smallest absolute Gasteiger partial charge is 0.327 e. The summed E-state index contributed by atoms with van der Waals surface area (Å²) < 4.78 is 9.63. The van der Waals surface area contributed by atoms with Crippen molar-refractivity contribution < 1.29 is 33.3 Å². The molecule has 1 fully saturated rings. The van der Waals surface area contributed by atoms with Crippen LogP contribution in [0.25, 0.3) is 22.5 Å². The maximum absolute atomic E-state index is 13.7. The van der Waals surface area contributed by atoms with Gasteiger partial charge < -0.3 is 29.7 Å². The van der Waals surface area contributed by atoms with E-state index in [1.54, 1.807) is 76.2 Å². The molecule has 0 radical (unpaired) electrons. The number of hydrogen-bond acceptors (Lipinski definition) is 9. The second-order valence-electron chi connectivity index (χ2n) is 11.0. The second-order valence-corrected chi connectivity index (χ2v) is 13.6. The molecule has 240 valence electrons. The van der Waals surface area contributed by atoms with Gasteiger partial charge in [0, 0.05) is 22.4 Å². The largest absolute Gasteiger partial charge is 0.480 e. The standard InChI is InChI=1S/C31H29Cl2N5O7S/c1-15-23(25(36-44-15)17-9-5-7-11-19(17)32)28(40)34-13-21(39)38-22(46-31(3,4)27(38)30(42)43)14-35-29(41)24-16(2)45-37-26(24)18-10-6-8-12-20(18)33/h5-12,22,27H,13-14H2,1-4H3,(H,34,40)(H,35,41)(H,42,43)/t22?,27-/m0/s1. The number of aryl methyl sites for hydroxylation is 2. The lowest BCUT2D eigenvalue weighted by Crippen LogP contribution is -2.54. The van der Waals surface area contributed by atoms with Crippen LogP contribution in [0.1, 0.15) is 46.1 Å². The van der Waals surface area contributed by atoms with Gasteiger partial charge in [-0.2, -0.15) is 0 Å². The van der Waals surface area contributed by atoms with E-state index < -0.39 is 46.4 Å². The van der Waals surface area contributed by atoms with Crippen LogP contribution in [0.5, 0.6) is 0 Å². The van der Waals surface area contributed by atoms with Gasteiger partial charge >= 0.3 is 5.97 Å². The number of benzene rings is 2. The van der Waals surface area contributed by atoms with E-state index >= 15 is 0 Å². The van der Waals surface area contributed by atoms with Crippen LogP contribution in [-0.4, -0.2) is 73.3 Å². The summed E-state index contributed by atoms with van der Waals surface area (Å²) in [6.07, 6.45) is 0. The lowest BCUT2D eigenvalue weighted by molar-refractivity contribution is -0.150. The van der Waals surface area contributed by atoms with Crippen LogP contribution in [0, 0.1) is 13.8 Å². The molecule has 12 nitrogen and oxygen atoms in total. The number of nitrogens with zero attached hydrogens (tertiary/aromatic N) is 3. The number of amides is 3. The molecule has 15 heteroatoms. The van der Waals surface area contributed by atoms with Gasteiger partial charge in [0.25, 0.3) is 11.8 Å². The van der Waals surface area contributed by atoms with Gasteiger partial charge in [-0.1, -0.05) is 69.9 Å². The van der Waals surface area contributed by atoms with E-state index in [4.69, 9.17) is 32.2 Å². The van der Waals surface area contributed by atoms with E-state index in [-0.39, 0.29) is 40.6 Å². The van der Waals surface area contributed by atoms with Crippen LogP contribution in [0.15, 0.2) is 57.6 Å². The predicted molar refractivity (Wildman–Crippen MR) is 172 cm³/mol. The van der Waals surface area contributed by atoms with Gasteiger partial charge in [-0.3, -0.25) is 14.4 Å². The number of hydrogen-bond donors (Lipinski definition) is 3. The third kappa shape index (κ3) is 6.35. The zero-order valence-electron chi connectivity index (χ0n) is 25.1. The van der Waals surface area contributed by atoms with Crippen molar-refractivity contribution >= 4 is 58.7 Å². The van der Waals surface area contributed by atoms with Gasteiger partial charge in [-0.25, -0.2) is 4.79 Å². The van der Waals surface area contributed by atoms with Crippen molar-refractivity contribution in [1.29, 1.82) is 0 Å². The lowest BCUT2D eigenvalue weighted by Gasteiger charge is -2.30. The molecule has 5 rings (SSSR count). The fourth-order valence-electron chi connectivity index (χ4n) is 5.39. The molecule has 4 aromatic rings. The molecule has 46 heavy (non-hydrogen) atoms. The Kier molecular flexibility index (Phi) is 9.47. The number of carboxylic acid groups (broad SMARTS) is 1. The lowest BCUT2D eigenvalue weighted by atomic mass is 10.0. The second kappa shape index (κ2) is 13.2. The fourth-order valence-corrected chi connectivity index (χ4v) is 7.41. The summed E-state index contributed by atoms with van der Waals surface area (Å²) in [5.74, 6) is -2.61. The van der Waals surface area contributed by atoms with Crippen LogP contribution < -0.4 is 10.6 Å². The molecular formula is C31H29Cl2N5O7S. The topological polar surface area (TPSA) is 168 Å². The number of aromatic nitrogens is 2. The number of nitrogens with one attached hydrogen (secondary N) is 2. The zero-order chi connectivity index (χ0) is 33.3. The zero-order valence-corrected chi connectivity index (χ0v) is 27.4. The minimum Gasteiger partial charge on any atom is -0.480 e. The van der Waals surface area contributed by atoms with Gasteiger partial charge in [0.1, 0.15) is 40.1 Å². The highest BCUT2D eigenvalue weighted by Crippen LogP contribution is 2.44. The molecule has 3 amide bonds. The summed E-state index contributed by atoms with van der Waals surface area (Å²) in [4.78, 5) is 54.0. The number of halogens is 2. The quantitative estimate of drug-likeness (QED) is 0.213. The van der Waals surface area contributed by atoms with Crippen molar-refractivity contribution in [2.45, 2.75) is 43.9 Å². The average molecular weight is 687 g/mol. The van der Waals surface area contributed by atoms with Gasteiger partial charge in [0.05, 0.1) is 22.0 Å². The summed E-state index contributed by atoms with van der Waals surface area (Å²) in [7, 11) is 0. The van der Waals surface area contributed by atoms with E-state index in [0.29, 0.717) is 21.2 Å². The maximum atomic E-state index is 13.7. The van der Waals surface area contributed by atoms with Crippen molar-refractivity contribution in [2.75, 3.05) is 13.1 Å². The molecule has 2 aromatic carbocycles. The monoisotopic (exact) mass is 685 g/mol. The van der Waals surface area contributed by atoms with Crippen LogP contribution in [-0.2, 0) is 9.59 Å². The van der Waals surface area contributed by atoms with Crippen LogP contribution in [0.3, 0.4) is 0 Å². The predicted octanol–water partition coefficient (Wildman–Crippen LogP) is 5.21. The Balaban J connectivity index is 1.34. The number of carbonyl (C=O) groups is 4. The molecule has 3 heterocycles. The first-order valence-electron chi connectivity index (χ1n) is 14.0. The van der Waals surface area contributed by atoms with Crippen LogP contribution in [0.4, 0.5) is 0 Å². The molecule has 1 aliphatic heterocycles. The van der Waals surface area contributed by atoms with E-state index in [9.17, 15) is 24.3 Å². The Morgan fingerprint density at radius 2 is 1.35 bits per heavy atom. The first-order chi connectivity index (χ1) is 21.8. The highest BCUT2D eigenvalue weighted by molar-refractivity contribution is 8.01. The SMILES string of the molecule is Cc1onc(-c2ccccc2Cl)c1C(=O)NCC(=O)N1C(CNC(=O)c2c(-c3ccccc3Cl)noc2C)SC(C)(C)[C@@H]1C(=O)O. The van der Waals surface area contributed by atoms with Crippen molar-refractivity contribution in [3.8, 4) is 22.5 Å². The summed E-state index contributed by atoms with van der Waals surface area (Å²) in [6.45, 7) is 5.91. The highest BCUT2D eigenvalue weighted by Gasteiger charge is 2.53. The van der Waals surface area contributed by atoms with Crippen LogP contribution in [0.2, 0.25) is 10.0 Å². The molecule has 1 unspecified atom stereocenters. The van der Waals surface area contributed by atoms with Gasteiger partial charge in [-0.15, -0.1) is 11.8 Å². The molecule has 1 aliphatic rings. The minimum absolute atomic E-state index is 0.0917. The van der Waals surface area contributed by atoms with Gasteiger partial charge in [0.2, 0.25) is 5.91 Å². The van der Waals surface area contributed by atoms with Crippen molar-refractivity contribution in [3.05, 3.63) is 81.2 Å². The number of carbonyl (C=O) groups excluding carboxylic acids is 3. The highest BCUT2D eigenvalue weighted by atomic mass is 35.5. The number of rotatable bonds is 9. The molecule has 0 saturated carbocycles. The Hall–Kier alpha value is -4.33. The van der Waals surface area contributed by atoms with E-state index in [1.807, 2.05) is 0 Å². The van der Waals surface area contributed by atoms with Crippen molar-refractivity contribution in [2.24, 2.45) is 0 Å². The molecule has 2 aromatic heterocycles. The summed E-state index contributed by atoms with van der Waals surface area (Å²) in [5, 5.41) is 23.5. The number of aliphatic carboxylic acids is 1. The first kappa shape index (κ1) is 33.0. The Bertz CT molecular complexity index is 1840. The molecule has 0 spiro atoms. The minimum atomic E-state index is -1.25.